The van der Waals surface area contributed by atoms with Gasteiger partial charge >= 0.3 is 0 Å². The molecule has 0 spiro atoms. The smallest absolute Gasteiger partial charge is 0.00863 e. The zero-order valence-electron chi connectivity index (χ0n) is 10.6. The van der Waals surface area contributed by atoms with E-state index in [0.29, 0.717) is 5.92 Å². The lowest BCUT2D eigenvalue weighted by Gasteiger charge is -2.23. The van der Waals surface area contributed by atoms with Crippen LogP contribution in [0.1, 0.15) is 30.7 Å². The lowest BCUT2D eigenvalue weighted by Crippen LogP contribution is -2.05. The third-order valence-corrected chi connectivity index (χ3v) is 3.89. The van der Waals surface area contributed by atoms with Crippen molar-refractivity contribution >= 4 is 10.8 Å². The molecule has 0 amide bonds. The molecule has 0 heterocycles. The van der Waals surface area contributed by atoms with E-state index in [-0.39, 0.29) is 0 Å². The highest BCUT2D eigenvalue weighted by Crippen LogP contribution is 2.35. The molecule has 0 bridgehead atoms. The van der Waals surface area contributed by atoms with Crippen LogP contribution in [-0.4, -0.2) is 0 Å². The van der Waals surface area contributed by atoms with Crippen LogP contribution in [0.2, 0.25) is 0 Å². The molecule has 1 aliphatic rings. The van der Waals surface area contributed by atoms with E-state index in [1.165, 1.54) is 41.2 Å². The second-order valence-corrected chi connectivity index (χ2v) is 5.00. The van der Waals surface area contributed by atoms with E-state index in [2.05, 4.69) is 55.1 Å². The summed E-state index contributed by atoms with van der Waals surface area (Å²) in [6.45, 7) is 3.95. The quantitative estimate of drug-likeness (QED) is 0.668. The highest BCUT2D eigenvalue weighted by molar-refractivity contribution is 5.83. The molecule has 1 atom stereocenters. The summed E-state index contributed by atoms with van der Waals surface area (Å²) < 4.78 is 0. The zero-order chi connectivity index (χ0) is 12.4. The van der Waals surface area contributed by atoms with Crippen LogP contribution >= 0.6 is 0 Å². The monoisotopic (exact) mass is 234 g/mol. The maximum Gasteiger partial charge on any atom is 0.00863 e. The van der Waals surface area contributed by atoms with Crippen LogP contribution < -0.4 is 0 Å². The van der Waals surface area contributed by atoms with Crippen LogP contribution in [0.25, 0.3) is 10.8 Å². The van der Waals surface area contributed by atoms with Crippen LogP contribution in [0, 0.1) is 0 Å². The summed E-state index contributed by atoms with van der Waals surface area (Å²) in [7, 11) is 0. The summed E-state index contributed by atoms with van der Waals surface area (Å²) in [5, 5.41) is 2.66. The first-order valence-electron chi connectivity index (χ1n) is 6.69. The average Bonchev–Trinajstić information content (AvgIpc) is 2.46. The summed E-state index contributed by atoms with van der Waals surface area (Å²) in [4.78, 5) is 0. The van der Waals surface area contributed by atoms with E-state index >= 15 is 0 Å². The number of benzene rings is 2. The highest BCUT2D eigenvalue weighted by atomic mass is 14.2. The van der Waals surface area contributed by atoms with Gasteiger partial charge in [0, 0.05) is 5.92 Å². The Kier molecular flexibility index (Phi) is 3.02. The molecule has 2 aromatic rings. The molecular formula is C18H18. The van der Waals surface area contributed by atoms with E-state index in [4.69, 9.17) is 0 Å². The molecular weight excluding hydrogens is 216 g/mol. The second-order valence-electron chi connectivity index (χ2n) is 5.00. The van der Waals surface area contributed by atoms with Crippen LogP contribution in [0.5, 0.6) is 0 Å². The minimum atomic E-state index is 0.542. The van der Waals surface area contributed by atoms with Gasteiger partial charge in [-0.2, -0.15) is 0 Å². The Hall–Kier alpha value is -1.82. The number of fused-ring (bicyclic) bond motifs is 1. The molecule has 1 unspecified atom stereocenters. The van der Waals surface area contributed by atoms with Crippen molar-refractivity contribution in [2.45, 2.75) is 25.2 Å². The minimum absolute atomic E-state index is 0.542. The fourth-order valence-electron chi connectivity index (χ4n) is 2.91. The molecule has 90 valence electrons. The van der Waals surface area contributed by atoms with Crippen LogP contribution in [0.4, 0.5) is 0 Å². The predicted octanol–water partition coefficient (Wildman–Crippen LogP) is 5.22. The first-order chi connectivity index (χ1) is 8.88. The summed E-state index contributed by atoms with van der Waals surface area (Å²) in [6.07, 6.45) is 8.10. The molecule has 0 saturated heterocycles. The van der Waals surface area contributed by atoms with Gasteiger partial charge in [-0.1, -0.05) is 61.2 Å². The summed E-state index contributed by atoms with van der Waals surface area (Å²) in [5.41, 5.74) is 2.83. The molecule has 0 saturated carbocycles. The van der Waals surface area contributed by atoms with Gasteiger partial charge in [0.1, 0.15) is 0 Å². The zero-order valence-corrected chi connectivity index (χ0v) is 10.6. The van der Waals surface area contributed by atoms with Crippen molar-refractivity contribution in [1.29, 1.82) is 0 Å². The predicted molar refractivity (Wildman–Crippen MR) is 78.8 cm³/mol. The van der Waals surface area contributed by atoms with Crippen molar-refractivity contribution in [3.05, 3.63) is 72.3 Å². The third-order valence-electron chi connectivity index (χ3n) is 3.89. The standard InChI is InChI=1S/C18H18/c1-2-14-7-5-6-10-18(14)17-12-11-15-8-3-4-9-16(15)13-17/h2-4,7-9,11-13,18H,1,5-6,10H2. The maximum absolute atomic E-state index is 3.95. The van der Waals surface area contributed by atoms with Gasteiger partial charge < -0.3 is 0 Å². The topological polar surface area (TPSA) is 0 Å². The van der Waals surface area contributed by atoms with Gasteiger partial charge in [-0.15, -0.1) is 0 Å². The van der Waals surface area contributed by atoms with E-state index in [1.807, 2.05) is 6.08 Å². The SMILES string of the molecule is C=CC1=CCCCC1c1ccc2ccccc2c1. The maximum atomic E-state index is 3.95. The Bertz CT molecular complexity index is 604. The van der Waals surface area contributed by atoms with Crippen molar-refractivity contribution in [3.63, 3.8) is 0 Å². The molecule has 0 heteroatoms. The fourth-order valence-corrected chi connectivity index (χ4v) is 2.91. The lowest BCUT2D eigenvalue weighted by molar-refractivity contribution is 0.635. The van der Waals surface area contributed by atoms with E-state index in [0.717, 1.165) is 0 Å². The first-order valence-corrected chi connectivity index (χ1v) is 6.69. The van der Waals surface area contributed by atoms with Gasteiger partial charge in [-0.05, 0) is 41.2 Å². The third kappa shape index (κ3) is 1.99. The fraction of sp³-hybridized carbons (Fsp3) is 0.222. The molecule has 0 aliphatic heterocycles. The van der Waals surface area contributed by atoms with E-state index in [1.54, 1.807) is 0 Å². The average molecular weight is 234 g/mol. The Labute approximate surface area is 109 Å². The molecule has 18 heavy (non-hydrogen) atoms. The normalized spacial score (nSPS) is 19.6. The molecule has 0 N–H and O–H groups in total. The number of hydrogen-bond acceptors (Lipinski definition) is 0. The largest absolute Gasteiger partial charge is 0.0988 e. The van der Waals surface area contributed by atoms with Crippen molar-refractivity contribution in [2.24, 2.45) is 0 Å². The molecule has 1 aliphatic carbocycles. The molecule has 3 rings (SSSR count). The summed E-state index contributed by atoms with van der Waals surface area (Å²) in [5.74, 6) is 0.542. The number of hydrogen-bond donors (Lipinski definition) is 0. The Morgan fingerprint density at radius 1 is 1.06 bits per heavy atom. The molecule has 0 nitrogen and oxygen atoms in total. The summed E-state index contributed by atoms with van der Waals surface area (Å²) >= 11 is 0. The van der Waals surface area contributed by atoms with Gasteiger partial charge in [0.2, 0.25) is 0 Å². The van der Waals surface area contributed by atoms with Crippen LogP contribution in [-0.2, 0) is 0 Å². The van der Waals surface area contributed by atoms with Gasteiger partial charge in [-0.25, -0.2) is 0 Å². The van der Waals surface area contributed by atoms with Crippen molar-refractivity contribution in [2.75, 3.05) is 0 Å². The van der Waals surface area contributed by atoms with E-state index in [9.17, 15) is 0 Å². The Morgan fingerprint density at radius 2 is 1.89 bits per heavy atom. The number of rotatable bonds is 2. The lowest BCUT2D eigenvalue weighted by atomic mass is 9.82. The summed E-state index contributed by atoms with van der Waals surface area (Å²) in [6, 6.07) is 15.4. The Balaban J connectivity index is 2.06. The van der Waals surface area contributed by atoms with Crippen LogP contribution in [0.15, 0.2) is 66.8 Å². The van der Waals surface area contributed by atoms with Crippen molar-refractivity contribution < 1.29 is 0 Å². The Morgan fingerprint density at radius 3 is 2.72 bits per heavy atom. The molecule has 0 aromatic heterocycles. The first kappa shape index (κ1) is 11.3. The second kappa shape index (κ2) is 4.81. The number of allylic oxidation sites excluding steroid dienone is 3. The van der Waals surface area contributed by atoms with Crippen molar-refractivity contribution in [1.82, 2.24) is 0 Å². The van der Waals surface area contributed by atoms with Gasteiger partial charge in [-0.3, -0.25) is 0 Å². The van der Waals surface area contributed by atoms with Crippen molar-refractivity contribution in [3.8, 4) is 0 Å². The van der Waals surface area contributed by atoms with Gasteiger partial charge in [0.25, 0.3) is 0 Å². The molecule has 0 fully saturated rings. The van der Waals surface area contributed by atoms with Crippen LogP contribution in [0.3, 0.4) is 0 Å². The minimum Gasteiger partial charge on any atom is -0.0988 e. The van der Waals surface area contributed by atoms with Gasteiger partial charge in [0.15, 0.2) is 0 Å². The highest BCUT2D eigenvalue weighted by Gasteiger charge is 2.17. The van der Waals surface area contributed by atoms with Gasteiger partial charge in [0.05, 0.1) is 0 Å². The molecule has 0 radical (unpaired) electrons. The molecule has 2 aromatic carbocycles. The van der Waals surface area contributed by atoms with E-state index < -0.39 is 0 Å².